The molecule has 0 aliphatic carbocycles. The van der Waals surface area contributed by atoms with Crippen molar-refractivity contribution in [2.45, 2.75) is 20.0 Å². The molecule has 1 amide bonds. The third kappa shape index (κ3) is 2.94. The van der Waals surface area contributed by atoms with Crippen LogP contribution in [0.15, 0.2) is 22.0 Å². The lowest BCUT2D eigenvalue weighted by Crippen LogP contribution is -2.31. The second-order valence-electron chi connectivity index (χ2n) is 4.07. The predicted octanol–water partition coefficient (Wildman–Crippen LogP) is -2.03. The van der Waals surface area contributed by atoms with Gasteiger partial charge in [-0.1, -0.05) is 5.21 Å². The second-order valence-corrected chi connectivity index (χ2v) is 4.07. The van der Waals surface area contributed by atoms with Crippen LogP contribution in [0.25, 0.3) is 0 Å². The number of carbonyl (C=O) groups excluding carboxylic acids is 1. The van der Waals surface area contributed by atoms with E-state index in [1.165, 1.54) is 21.6 Å². The summed E-state index contributed by atoms with van der Waals surface area (Å²) in [4.78, 5) is 35.7. The summed E-state index contributed by atoms with van der Waals surface area (Å²) >= 11 is 0. The SMILES string of the molecule is Cc1cn(Cc2cn(CC(N)=O)nn2)c(=O)[nH]c1=O. The van der Waals surface area contributed by atoms with Gasteiger partial charge in [-0.15, -0.1) is 5.10 Å². The minimum atomic E-state index is -0.534. The fraction of sp³-hybridized carbons (Fsp3) is 0.300. The smallest absolute Gasteiger partial charge is 0.328 e. The van der Waals surface area contributed by atoms with E-state index in [0.717, 1.165) is 0 Å². The number of carbonyl (C=O) groups is 1. The number of primary amides is 1. The van der Waals surface area contributed by atoms with Crippen molar-refractivity contribution < 1.29 is 4.79 Å². The van der Waals surface area contributed by atoms with Crippen molar-refractivity contribution in [3.05, 3.63) is 44.5 Å². The average Bonchev–Trinajstić information content (AvgIpc) is 2.72. The number of hydrogen-bond acceptors (Lipinski definition) is 5. The summed E-state index contributed by atoms with van der Waals surface area (Å²) in [6, 6.07) is 0. The highest BCUT2D eigenvalue weighted by atomic mass is 16.2. The van der Waals surface area contributed by atoms with Gasteiger partial charge < -0.3 is 5.73 Å². The number of aryl methyl sites for hydroxylation is 1. The van der Waals surface area contributed by atoms with Crippen LogP contribution in [-0.4, -0.2) is 30.5 Å². The lowest BCUT2D eigenvalue weighted by Gasteiger charge is -2.02. The largest absolute Gasteiger partial charge is 0.368 e. The summed E-state index contributed by atoms with van der Waals surface area (Å²) in [5, 5.41) is 7.51. The lowest BCUT2D eigenvalue weighted by atomic mass is 10.4. The van der Waals surface area contributed by atoms with Gasteiger partial charge in [0.25, 0.3) is 5.56 Å². The van der Waals surface area contributed by atoms with Gasteiger partial charge in [0.1, 0.15) is 12.2 Å². The molecule has 3 N–H and O–H groups in total. The van der Waals surface area contributed by atoms with Crippen LogP contribution >= 0.6 is 0 Å². The molecule has 0 aromatic carbocycles. The van der Waals surface area contributed by atoms with E-state index in [1.807, 2.05) is 0 Å². The Bertz CT molecular complexity index is 725. The number of nitrogens with one attached hydrogen (secondary N) is 1. The van der Waals surface area contributed by atoms with E-state index in [4.69, 9.17) is 5.73 Å². The maximum atomic E-state index is 11.6. The van der Waals surface area contributed by atoms with E-state index >= 15 is 0 Å². The Labute approximate surface area is 106 Å². The van der Waals surface area contributed by atoms with Gasteiger partial charge >= 0.3 is 5.69 Å². The van der Waals surface area contributed by atoms with Crippen LogP contribution in [0.3, 0.4) is 0 Å². The third-order valence-corrected chi connectivity index (χ3v) is 2.43. The molecular weight excluding hydrogens is 252 g/mol. The van der Waals surface area contributed by atoms with Crippen molar-refractivity contribution in [1.29, 1.82) is 0 Å². The lowest BCUT2D eigenvalue weighted by molar-refractivity contribution is -0.118. The zero-order valence-corrected chi connectivity index (χ0v) is 10.2. The number of amides is 1. The number of nitrogens with two attached hydrogens (primary N) is 1. The van der Waals surface area contributed by atoms with Gasteiger partial charge in [0.05, 0.1) is 12.7 Å². The van der Waals surface area contributed by atoms with Crippen molar-refractivity contribution in [3.8, 4) is 0 Å². The molecule has 0 saturated carbocycles. The number of H-pyrrole nitrogens is 1. The third-order valence-electron chi connectivity index (χ3n) is 2.43. The van der Waals surface area contributed by atoms with E-state index < -0.39 is 17.2 Å². The quantitative estimate of drug-likeness (QED) is 0.658. The van der Waals surface area contributed by atoms with Gasteiger partial charge in [0.2, 0.25) is 5.91 Å². The van der Waals surface area contributed by atoms with Crippen LogP contribution in [0.2, 0.25) is 0 Å². The summed E-state index contributed by atoms with van der Waals surface area (Å²) in [6.45, 7) is 1.67. The van der Waals surface area contributed by atoms with E-state index in [0.29, 0.717) is 11.3 Å². The minimum absolute atomic E-state index is 0.0768. The Morgan fingerprint density at radius 3 is 2.84 bits per heavy atom. The van der Waals surface area contributed by atoms with Crippen molar-refractivity contribution in [2.24, 2.45) is 5.73 Å². The predicted molar refractivity (Wildman–Crippen MR) is 64.4 cm³/mol. The molecule has 0 aliphatic heterocycles. The van der Waals surface area contributed by atoms with E-state index in [9.17, 15) is 14.4 Å². The van der Waals surface area contributed by atoms with Crippen molar-refractivity contribution >= 4 is 5.91 Å². The van der Waals surface area contributed by atoms with Crippen LogP contribution in [-0.2, 0) is 17.9 Å². The van der Waals surface area contributed by atoms with E-state index in [-0.39, 0.29) is 13.1 Å². The Morgan fingerprint density at radius 2 is 2.16 bits per heavy atom. The molecule has 0 atom stereocenters. The van der Waals surface area contributed by atoms with Gasteiger partial charge in [-0.05, 0) is 6.92 Å². The first kappa shape index (κ1) is 12.7. The molecule has 0 unspecified atom stereocenters. The Morgan fingerprint density at radius 1 is 1.42 bits per heavy atom. The topological polar surface area (TPSA) is 129 Å². The highest BCUT2D eigenvalue weighted by molar-refractivity contribution is 5.73. The van der Waals surface area contributed by atoms with Gasteiger partial charge in [0.15, 0.2) is 0 Å². The summed E-state index contributed by atoms with van der Waals surface area (Å²) in [6.07, 6.45) is 2.95. The Kier molecular flexibility index (Phi) is 3.27. The fourth-order valence-corrected chi connectivity index (χ4v) is 1.56. The van der Waals surface area contributed by atoms with Crippen molar-refractivity contribution in [1.82, 2.24) is 24.5 Å². The first-order valence-corrected chi connectivity index (χ1v) is 5.43. The van der Waals surface area contributed by atoms with Crippen LogP contribution < -0.4 is 17.0 Å². The number of aromatic amines is 1. The monoisotopic (exact) mass is 264 g/mol. The molecule has 0 aliphatic rings. The highest BCUT2D eigenvalue weighted by Crippen LogP contribution is 1.96. The molecule has 100 valence electrons. The number of nitrogens with zero attached hydrogens (tertiary/aromatic N) is 4. The second kappa shape index (κ2) is 4.88. The summed E-state index contributed by atoms with van der Waals surface area (Å²) < 4.78 is 2.58. The maximum absolute atomic E-state index is 11.6. The summed E-state index contributed by atoms with van der Waals surface area (Å²) in [5.41, 5.74) is 4.98. The first-order valence-electron chi connectivity index (χ1n) is 5.43. The van der Waals surface area contributed by atoms with Gasteiger partial charge in [-0.25, -0.2) is 9.48 Å². The van der Waals surface area contributed by atoms with Gasteiger partial charge in [-0.3, -0.25) is 19.1 Å². The van der Waals surface area contributed by atoms with Crippen LogP contribution in [0.4, 0.5) is 0 Å². The van der Waals surface area contributed by atoms with Crippen LogP contribution in [0.1, 0.15) is 11.3 Å². The molecule has 0 spiro atoms. The zero-order valence-electron chi connectivity index (χ0n) is 10.2. The maximum Gasteiger partial charge on any atom is 0.328 e. The number of aromatic nitrogens is 5. The van der Waals surface area contributed by atoms with Crippen molar-refractivity contribution in [2.75, 3.05) is 0 Å². The van der Waals surface area contributed by atoms with Crippen LogP contribution in [0, 0.1) is 6.92 Å². The highest BCUT2D eigenvalue weighted by Gasteiger charge is 2.06. The molecule has 2 rings (SSSR count). The molecule has 2 aromatic heterocycles. The average molecular weight is 264 g/mol. The molecule has 0 fully saturated rings. The summed E-state index contributed by atoms with van der Waals surface area (Å²) in [7, 11) is 0. The molecular formula is C10H12N6O3. The van der Waals surface area contributed by atoms with Gasteiger partial charge in [0, 0.05) is 11.8 Å². The molecule has 0 saturated heterocycles. The molecule has 9 nitrogen and oxygen atoms in total. The standard InChI is InChI=1S/C10H12N6O3/c1-6-2-15(10(19)12-9(6)18)3-7-4-16(14-13-7)5-8(11)17/h2,4H,3,5H2,1H3,(H2,11,17)(H,12,18,19). The Hall–Kier alpha value is -2.71. The Balaban J connectivity index is 2.24. The fourth-order valence-electron chi connectivity index (χ4n) is 1.56. The normalized spacial score (nSPS) is 10.6. The molecule has 9 heteroatoms. The molecule has 0 bridgehead atoms. The first-order chi connectivity index (χ1) is 8.95. The number of hydrogen-bond donors (Lipinski definition) is 2. The zero-order chi connectivity index (χ0) is 14.0. The molecule has 2 heterocycles. The van der Waals surface area contributed by atoms with E-state index in [2.05, 4.69) is 15.3 Å². The molecule has 19 heavy (non-hydrogen) atoms. The van der Waals surface area contributed by atoms with Crippen molar-refractivity contribution in [3.63, 3.8) is 0 Å². The molecule has 2 aromatic rings. The molecule has 0 radical (unpaired) electrons. The van der Waals surface area contributed by atoms with Crippen LogP contribution in [0.5, 0.6) is 0 Å². The van der Waals surface area contributed by atoms with Gasteiger partial charge in [-0.2, -0.15) is 0 Å². The summed E-state index contributed by atoms with van der Waals surface area (Å²) in [5.74, 6) is -0.534. The number of rotatable bonds is 4. The minimum Gasteiger partial charge on any atom is -0.368 e. The van der Waals surface area contributed by atoms with E-state index in [1.54, 1.807) is 6.92 Å².